The minimum Gasteiger partial charge on any atom is -0.438 e. The summed E-state index contributed by atoms with van der Waals surface area (Å²) in [5.41, 5.74) is 0. The number of likely N-dealkylation sites (N-methyl/N-ethyl adjacent to an activating group) is 1. The van der Waals surface area contributed by atoms with Crippen LogP contribution in [0.5, 0.6) is 0 Å². The van der Waals surface area contributed by atoms with E-state index in [1.54, 1.807) is 0 Å². The van der Waals surface area contributed by atoms with Crippen LogP contribution in [0.3, 0.4) is 0 Å². The largest absolute Gasteiger partial charge is 0.510 e. The average Bonchev–Trinajstić information content (AvgIpc) is 2.40. The Bertz CT molecular complexity index is 347. The number of ether oxygens (including phenoxy) is 5. The van der Waals surface area contributed by atoms with Gasteiger partial charge in [-0.3, -0.25) is 0 Å². The van der Waals surface area contributed by atoms with Gasteiger partial charge < -0.3 is 28.6 Å². The summed E-state index contributed by atoms with van der Waals surface area (Å²) in [7, 11) is 6.07. The normalized spacial score (nSPS) is 29.7. The quantitative estimate of drug-likeness (QED) is 0.712. The molecule has 20 heavy (non-hydrogen) atoms. The fourth-order valence-corrected chi connectivity index (χ4v) is 2.05. The van der Waals surface area contributed by atoms with E-state index < -0.39 is 24.7 Å². The number of rotatable bonds is 3. The first-order valence-corrected chi connectivity index (χ1v) is 6.20. The maximum atomic E-state index is 11.3. The van der Waals surface area contributed by atoms with Crippen molar-refractivity contribution in [2.45, 2.75) is 37.9 Å². The van der Waals surface area contributed by atoms with Gasteiger partial charge in [0.25, 0.3) is 0 Å². The molecule has 0 aromatic rings. The topological polar surface area (TPSA) is 83.5 Å². The summed E-state index contributed by atoms with van der Waals surface area (Å²) in [6.45, 7) is 1.85. The van der Waals surface area contributed by atoms with Crippen LogP contribution >= 0.6 is 0 Å². The van der Waals surface area contributed by atoms with Crippen LogP contribution in [-0.4, -0.2) is 70.1 Å². The Kier molecular flexibility index (Phi) is 6.03. The Labute approximate surface area is 117 Å². The standard InChI is InChI=1S/C12H21NO7/c1-7-6-8(13(2)3)9(19-11(14)16-4)10(18-7)20-12(15)17-5/h7-10H,6H2,1-5H3/t7?,8?,9?,10-/m0/s1. The molecule has 0 saturated carbocycles. The third-order valence-electron chi connectivity index (χ3n) is 3.03. The van der Waals surface area contributed by atoms with Crippen molar-refractivity contribution >= 4 is 12.3 Å². The molecule has 4 atom stereocenters. The number of methoxy groups -OCH3 is 2. The molecule has 0 N–H and O–H groups in total. The molecule has 3 unspecified atom stereocenters. The summed E-state index contributed by atoms with van der Waals surface area (Å²) in [6.07, 6.45) is -3.14. The van der Waals surface area contributed by atoms with Crippen molar-refractivity contribution in [2.24, 2.45) is 0 Å². The van der Waals surface area contributed by atoms with Gasteiger partial charge in [-0.2, -0.15) is 0 Å². The molecular formula is C12H21NO7. The number of carbonyl (C=O) groups is 2. The van der Waals surface area contributed by atoms with Gasteiger partial charge in [-0.05, 0) is 27.4 Å². The lowest BCUT2D eigenvalue weighted by Gasteiger charge is -2.41. The van der Waals surface area contributed by atoms with Crippen molar-refractivity contribution in [2.75, 3.05) is 28.3 Å². The summed E-state index contributed by atoms with van der Waals surface area (Å²) < 4.78 is 24.6. The van der Waals surface area contributed by atoms with E-state index in [1.165, 1.54) is 14.2 Å². The Morgan fingerprint density at radius 3 is 2.15 bits per heavy atom. The van der Waals surface area contributed by atoms with Crippen molar-refractivity contribution in [1.82, 2.24) is 4.90 Å². The zero-order valence-electron chi connectivity index (χ0n) is 12.3. The molecule has 1 saturated heterocycles. The molecular weight excluding hydrogens is 270 g/mol. The van der Waals surface area contributed by atoms with E-state index in [-0.39, 0.29) is 12.1 Å². The van der Waals surface area contributed by atoms with Crippen molar-refractivity contribution < 1.29 is 33.3 Å². The smallest absolute Gasteiger partial charge is 0.438 e. The second-order valence-electron chi connectivity index (χ2n) is 4.69. The summed E-state index contributed by atoms with van der Waals surface area (Å²) in [5, 5.41) is 0. The van der Waals surface area contributed by atoms with Gasteiger partial charge >= 0.3 is 12.3 Å². The first-order valence-electron chi connectivity index (χ1n) is 6.20. The molecule has 116 valence electrons. The van der Waals surface area contributed by atoms with Crippen LogP contribution in [0.15, 0.2) is 0 Å². The molecule has 8 nitrogen and oxygen atoms in total. The summed E-state index contributed by atoms with van der Waals surface area (Å²) in [5.74, 6) is 0. The van der Waals surface area contributed by atoms with Crippen LogP contribution in [0.4, 0.5) is 9.59 Å². The third kappa shape index (κ3) is 4.24. The average molecular weight is 291 g/mol. The van der Waals surface area contributed by atoms with Gasteiger partial charge in [0.15, 0.2) is 6.10 Å². The van der Waals surface area contributed by atoms with Crippen molar-refractivity contribution in [3.8, 4) is 0 Å². The van der Waals surface area contributed by atoms with Crippen LogP contribution < -0.4 is 0 Å². The Morgan fingerprint density at radius 2 is 1.65 bits per heavy atom. The van der Waals surface area contributed by atoms with Gasteiger partial charge in [-0.25, -0.2) is 9.59 Å². The molecule has 1 heterocycles. The van der Waals surface area contributed by atoms with Gasteiger partial charge in [0.2, 0.25) is 6.29 Å². The summed E-state index contributed by atoms with van der Waals surface area (Å²) >= 11 is 0. The van der Waals surface area contributed by atoms with E-state index >= 15 is 0 Å². The molecule has 1 rings (SSSR count). The van der Waals surface area contributed by atoms with E-state index in [4.69, 9.17) is 14.2 Å². The molecule has 8 heteroatoms. The minimum atomic E-state index is -1.04. The molecule has 0 spiro atoms. The highest BCUT2D eigenvalue weighted by Crippen LogP contribution is 2.27. The van der Waals surface area contributed by atoms with E-state index in [2.05, 4.69) is 9.47 Å². The van der Waals surface area contributed by atoms with E-state index in [9.17, 15) is 9.59 Å². The highest BCUT2D eigenvalue weighted by atomic mass is 16.8. The van der Waals surface area contributed by atoms with Gasteiger partial charge in [0, 0.05) is 0 Å². The van der Waals surface area contributed by atoms with Crippen molar-refractivity contribution in [1.29, 1.82) is 0 Å². The van der Waals surface area contributed by atoms with Crippen LogP contribution in [-0.2, 0) is 23.7 Å². The lowest BCUT2D eigenvalue weighted by atomic mass is 9.99. The predicted molar refractivity (Wildman–Crippen MR) is 67.2 cm³/mol. The second-order valence-corrected chi connectivity index (χ2v) is 4.69. The molecule has 0 radical (unpaired) electrons. The number of nitrogens with zero attached hydrogens (tertiary/aromatic N) is 1. The zero-order valence-corrected chi connectivity index (χ0v) is 12.3. The van der Waals surface area contributed by atoms with E-state index in [0.717, 1.165) is 0 Å². The van der Waals surface area contributed by atoms with Crippen molar-refractivity contribution in [3.63, 3.8) is 0 Å². The van der Waals surface area contributed by atoms with Gasteiger partial charge in [0.05, 0.1) is 26.4 Å². The van der Waals surface area contributed by atoms with Crippen LogP contribution in [0.2, 0.25) is 0 Å². The Balaban J connectivity index is 2.88. The maximum absolute atomic E-state index is 11.3. The van der Waals surface area contributed by atoms with Gasteiger partial charge in [0.1, 0.15) is 0 Å². The fourth-order valence-electron chi connectivity index (χ4n) is 2.05. The van der Waals surface area contributed by atoms with Crippen LogP contribution in [0, 0.1) is 0 Å². The minimum absolute atomic E-state index is 0.158. The highest BCUT2D eigenvalue weighted by Gasteiger charge is 2.44. The fraction of sp³-hybridized carbons (Fsp3) is 0.833. The van der Waals surface area contributed by atoms with Crippen molar-refractivity contribution in [3.05, 3.63) is 0 Å². The second kappa shape index (κ2) is 7.30. The van der Waals surface area contributed by atoms with E-state index in [1.807, 2.05) is 25.9 Å². The lowest BCUT2D eigenvalue weighted by molar-refractivity contribution is -0.237. The first-order chi connectivity index (χ1) is 9.38. The number of carbonyl (C=O) groups excluding carboxylic acids is 2. The van der Waals surface area contributed by atoms with Gasteiger partial charge in [-0.1, -0.05) is 0 Å². The van der Waals surface area contributed by atoms with Crippen LogP contribution in [0.1, 0.15) is 13.3 Å². The monoisotopic (exact) mass is 291 g/mol. The molecule has 1 aliphatic rings. The summed E-state index contributed by atoms with van der Waals surface area (Å²) in [4.78, 5) is 24.5. The van der Waals surface area contributed by atoms with Gasteiger partial charge in [-0.15, -0.1) is 0 Å². The van der Waals surface area contributed by atoms with Crippen LogP contribution in [0.25, 0.3) is 0 Å². The highest BCUT2D eigenvalue weighted by molar-refractivity contribution is 5.61. The molecule has 0 aromatic heterocycles. The summed E-state index contributed by atoms with van der Waals surface area (Å²) in [6, 6.07) is -0.174. The lowest BCUT2D eigenvalue weighted by Crippen LogP contribution is -2.56. The molecule has 0 aromatic carbocycles. The molecule has 1 aliphatic heterocycles. The number of hydrogen-bond acceptors (Lipinski definition) is 8. The molecule has 0 aliphatic carbocycles. The number of hydrogen-bond donors (Lipinski definition) is 0. The first kappa shape index (κ1) is 16.5. The molecule has 0 amide bonds. The third-order valence-corrected chi connectivity index (χ3v) is 3.03. The molecule has 0 bridgehead atoms. The zero-order chi connectivity index (χ0) is 15.3. The Morgan fingerprint density at radius 1 is 1.10 bits per heavy atom. The Hall–Kier alpha value is -1.54. The van der Waals surface area contributed by atoms with E-state index in [0.29, 0.717) is 6.42 Å². The SMILES string of the molecule is COC(=O)OC1C(N(C)C)CC(C)O[C@H]1OC(=O)OC. The predicted octanol–water partition coefficient (Wildman–Crippen LogP) is 0.986. The molecule has 1 fully saturated rings. The maximum Gasteiger partial charge on any atom is 0.510 e.